The molecular formula is C16H15ClF6N4. The van der Waals surface area contributed by atoms with Crippen LogP contribution in [0.25, 0.3) is 0 Å². The van der Waals surface area contributed by atoms with Crippen molar-refractivity contribution in [3.8, 4) is 0 Å². The lowest BCUT2D eigenvalue weighted by atomic mass is 10.2. The van der Waals surface area contributed by atoms with Crippen LogP contribution in [-0.2, 0) is 12.4 Å². The quantitative estimate of drug-likeness (QED) is 0.561. The number of pyridine rings is 2. The van der Waals surface area contributed by atoms with Crippen molar-refractivity contribution in [2.75, 3.05) is 31.1 Å². The van der Waals surface area contributed by atoms with Crippen molar-refractivity contribution in [2.24, 2.45) is 0 Å². The van der Waals surface area contributed by atoms with E-state index in [-0.39, 0.29) is 5.82 Å². The van der Waals surface area contributed by atoms with Crippen LogP contribution in [0, 0.1) is 0 Å². The summed E-state index contributed by atoms with van der Waals surface area (Å²) in [5.41, 5.74) is -1.56. The van der Waals surface area contributed by atoms with E-state index >= 15 is 0 Å². The van der Waals surface area contributed by atoms with E-state index in [9.17, 15) is 26.3 Å². The zero-order valence-corrected chi connectivity index (χ0v) is 14.5. The Hall–Kier alpha value is -2.07. The van der Waals surface area contributed by atoms with Gasteiger partial charge < -0.3 is 10.2 Å². The maximum Gasteiger partial charge on any atom is 0.419 e. The number of nitrogens with one attached hydrogen (secondary N) is 1. The lowest BCUT2D eigenvalue weighted by molar-refractivity contribution is -0.138. The molecule has 1 aliphatic heterocycles. The fourth-order valence-electron chi connectivity index (χ4n) is 2.34. The molecule has 2 aromatic rings. The van der Waals surface area contributed by atoms with Gasteiger partial charge in [-0.05, 0) is 24.3 Å². The first-order valence-corrected chi connectivity index (χ1v) is 8.14. The zero-order valence-electron chi connectivity index (χ0n) is 13.8. The van der Waals surface area contributed by atoms with Crippen LogP contribution >= 0.6 is 11.6 Å². The normalized spacial score (nSPS) is 15.1. The Balaban J connectivity index is 0.000000208. The predicted octanol–water partition coefficient (Wildman–Crippen LogP) is 4.26. The van der Waals surface area contributed by atoms with Gasteiger partial charge in [0, 0.05) is 38.6 Å². The molecule has 1 aliphatic rings. The second-order valence-corrected chi connectivity index (χ2v) is 5.81. The number of anilines is 1. The van der Waals surface area contributed by atoms with E-state index in [0.717, 1.165) is 12.1 Å². The Morgan fingerprint density at radius 1 is 0.852 bits per heavy atom. The van der Waals surface area contributed by atoms with E-state index in [0.29, 0.717) is 26.2 Å². The first kappa shape index (κ1) is 21.2. The SMILES string of the molecule is FC(F)(F)c1cccnc1Cl.FC(F)(F)c1cccnc1N1CCNCC1. The molecule has 148 valence electrons. The molecule has 1 saturated heterocycles. The average molecular weight is 413 g/mol. The van der Waals surface area contributed by atoms with Gasteiger partial charge in [-0.1, -0.05) is 11.6 Å². The third kappa shape index (κ3) is 5.96. The second kappa shape index (κ2) is 8.75. The fourth-order valence-corrected chi connectivity index (χ4v) is 2.57. The van der Waals surface area contributed by atoms with E-state index in [4.69, 9.17) is 11.6 Å². The minimum absolute atomic E-state index is 0.0384. The molecule has 3 rings (SSSR count). The molecule has 0 radical (unpaired) electrons. The summed E-state index contributed by atoms with van der Waals surface area (Å²) < 4.78 is 73.9. The summed E-state index contributed by atoms with van der Waals surface area (Å²) in [7, 11) is 0. The monoisotopic (exact) mass is 412 g/mol. The van der Waals surface area contributed by atoms with Crippen LogP contribution in [0.2, 0.25) is 5.15 Å². The van der Waals surface area contributed by atoms with Gasteiger partial charge >= 0.3 is 12.4 Å². The van der Waals surface area contributed by atoms with Crippen LogP contribution in [0.3, 0.4) is 0 Å². The molecule has 0 bridgehead atoms. The number of hydrogen-bond donors (Lipinski definition) is 1. The van der Waals surface area contributed by atoms with Crippen molar-refractivity contribution >= 4 is 17.4 Å². The standard InChI is InChI=1S/C10H12F3N3.C6H3ClF3N/c11-10(12,13)8-2-1-3-15-9(8)16-6-4-14-5-7-16;7-5-4(6(8,9)10)2-1-3-11-5/h1-3,14H,4-7H2;1-3H. The molecule has 1 fully saturated rings. The first-order chi connectivity index (χ1) is 12.6. The first-order valence-electron chi connectivity index (χ1n) is 7.76. The third-order valence-electron chi connectivity index (χ3n) is 3.57. The second-order valence-electron chi connectivity index (χ2n) is 5.45. The Bertz CT molecular complexity index is 744. The van der Waals surface area contributed by atoms with E-state index in [2.05, 4.69) is 15.3 Å². The van der Waals surface area contributed by atoms with Gasteiger partial charge in [-0.15, -0.1) is 0 Å². The number of rotatable bonds is 1. The Kier molecular flexibility index (Phi) is 6.88. The van der Waals surface area contributed by atoms with Crippen LogP contribution < -0.4 is 10.2 Å². The molecule has 0 saturated carbocycles. The van der Waals surface area contributed by atoms with Crippen molar-refractivity contribution in [1.29, 1.82) is 0 Å². The maximum absolute atomic E-state index is 12.7. The highest BCUT2D eigenvalue weighted by molar-refractivity contribution is 6.30. The van der Waals surface area contributed by atoms with Crippen molar-refractivity contribution in [2.45, 2.75) is 12.4 Å². The lowest BCUT2D eigenvalue weighted by Crippen LogP contribution is -2.44. The number of alkyl halides is 6. The minimum atomic E-state index is -4.41. The third-order valence-corrected chi connectivity index (χ3v) is 3.87. The summed E-state index contributed by atoms with van der Waals surface area (Å²) >= 11 is 5.18. The van der Waals surface area contributed by atoms with Crippen LogP contribution in [0.5, 0.6) is 0 Å². The molecule has 0 unspecified atom stereocenters. The van der Waals surface area contributed by atoms with Gasteiger partial charge in [0.25, 0.3) is 0 Å². The smallest absolute Gasteiger partial charge is 0.354 e. The maximum atomic E-state index is 12.7. The van der Waals surface area contributed by atoms with Crippen LogP contribution in [0.15, 0.2) is 36.7 Å². The van der Waals surface area contributed by atoms with Crippen LogP contribution in [0.4, 0.5) is 32.2 Å². The Morgan fingerprint density at radius 3 is 1.85 bits per heavy atom. The number of hydrogen-bond acceptors (Lipinski definition) is 4. The number of piperazine rings is 1. The Labute approximate surface area is 156 Å². The largest absolute Gasteiger partial charge is 0.419 e. The highest BCUT2D eigenvalue weighted by Crippen LogP contribution is 2.35. The predicted molar refractivity (Wildman–Crippen MR) is 88.6 cm³/mol. The van der Waals surface area contributed by atoms with Gasteiger partial charge in [-0.2, -0.15) is 26.3 Å². The minimum Gasteiger partial charge on any atom is -0.354 e. The van der Waals surface area contributed by atoms with Crippen molar-refractivity contribution < 1.29 is 26.3 Å². The number of halogens is 7. The topological polar surface area (TPSA) is 41.1 Å². The van der Waals surface area contributed by atoms with Crippen molar-refractivity contribution in [1.82, 2.24) is 15.3 Å². The fraction of sp³-hybridized carbons (Fsp3) is 0.375. The van der Waals surface area contributed by atoms with Gasteiger partial charge in [-0.25, -0.2) is 9.97 Å². The highest BCUT2D eigenvalue weighted by atomic mass is 35.5. The van der Waals surface area contributed by atoms with Gasteiger partial charge in [0.15, 0.2) is 0 Å². The molecular weight excluding hydrogens is 398 g/mol. The highest BCUT2D eigenvalue weighted by Gasteiger charge is 2.36. The summed E-state index contributed by atoms with van der Waals surface area (Å²) in [5.74, 6) is 0.0384. The zero-order chi connectivity index (χ0) is 20.1. The molecule has 11 heteroatoms. The van der Waals surface area contributed by atoms with Gasteiger partial charge in [-0.3, -0.25) is 0 Å². The molecule has 0 spiro atoms. The van der Waals surface area contributed by atoms with E-state index < -0.39 is 28.6 Å². The van der Waals surface area contributed by atoms with Gasteiger partial charge in [0.1, 0.15) is 11.0 Å². The van der Waals surface area contributed by atoms with E-state index in [1.54, 1.807) is 4.90 Å². The van der Waals surface area contributed by atoms with Gasteiger partial charge in [0.2, 0.25) is 0 Å². The van der Waals surface area contributed by atoms with E-state index in [1.807, 2.05) is 0 Å². The molecule has 27 heavy (non-hydrogen) atoms. The summed E-state index contributed by atoms with van der Waals surface area (Å²) in [6.07, 6.45) is -6.15. The molecule has 1 N–H and O–H groups in total. The lowest BCUT2D eigenvalue weighted by Gasteiger charge is -2.30. The summed E-state index contributed by atoms with van der Waals surface area (Å²) in [6, 6.07) is 4.46. The summed E-state index contributed by atoms with van der Waals surface area (Å²) in [5, 5.41) is 2.58. The molecule has 2 aromatic heterocycles. The molecule has 4 nitrogen and oxygen atoms in total. The number of nitrogens with zero attached hydrogens (tertiary/aromatic N) is 3. The van der Waals surface area contributed by atoms with E-state index in [1.165, 1.54) is 24.5 Å². The summed E-state index contributed by atoms with van der Waals surface area (Å²) in [4.78, 5) is 8.80. The van der Waals surface area contributed by atoms with Gasteiger partial charge in [0.05, 0.1) is 11.1 Å². The molecule has 0 atom stereocenters. The number of aromatic nitrogens is 2. The average Bonchev–Trinajstić information content (AvgIpc) is 2.62. The molecule has 3 heterocycles. The van der Waals surface area contributed by atoms with Crippen molar-refractivity contribution in [3.63, 3.8) is 0 Å². The Morgan fingerprint density at radius 2 is 1.37 bits per heavy atom. The molecule has 0 aromatic carbocycles. The molecule has 0 aliphatic carbocycles. The van der Waals surface area contributed by atoms with Crippen LogP contribution in [-0.4, -0.2) is 36.1 Å². The molecule has 0 amide bonds. The van der Waals surface area contributed by atoms with Crippen molar-refractivity contribution in [3.05, 3.63) is 52.9 Å². The summed E-state index contributed by atoms with van der Waals surface area (Å²) in [6.45, 7) is 2.49. The van der Waals surface area contributed by atoms with Crippen LogP contribution in [0.1, 0.15) is 11.1 Å².